The van der Waals surface area contributed by atoms with Gasteiger partial charge in [0.05, 0.1) is 18.3 Å². The number of phenolic OH excluding ortho intramolecular Hbond substituents is 1. The molecule has 0 radical (unpaired) electrons. The first-order valence-electron chi connectivity index (χ1n) is 10.0. The van der Waals surface area contributed by atoms with Crippen molar-refractivity contribution < 1.29 is 24.2 Å². The van der Waals surface area contributed by atoms with Gasteiger partial charge in [0.1, 0.15) is 29.1 Å². The molecule has 0 saturated carbocycles. The molecule has 1 aromatic rings. The van der Waals surface area contributed by atoms with Crippen LogP contribution in [0.25, 0.3) is 0 Å². The number of nitrogens with zero attached hydrogens (tertiary/aromatic N) is 2. The number of carbonyl (C=O) groups is 2. The molecule has 1 aromatic carbocycles. The van der Waals surface area contributed by atoms with Crippen LogP contribution >= 0.6 is 47.0 Å². The number of phenols is 1. The minimum Gasteiger partial charge on any atom is -0.505 e. The third-order valence-corrected chi connectivity index (χ3v) is 9.59. The van der Waals surface area contributed by atoms with Crippen molar-refractivity contribution in [3.63, 3.8) is 0 Å². The number of hydrogen-bond acceptors (Lipinski definition) is 11. The number of hydrogen-bond donors (Lipinski definition) is 1. The first kappa shape index (κ1) is 26.4. The van der Waals surface area contributed by atoms with Gasteiger partial charge in [-0.25, -0.2) is 9.59 Å². The van der Waals surface area contributed by atoms with Gasteiger partial charge >= 0.3 is 11.9 Å². The van der Waals surface area contributed by atoms with E-state index in [1.165, 1.54) is 23.5 Å². The van der Waals surface area contributed by atoms with Gasteiger partial charge in [0, 0.05) is 9.79 Å². The minimum absolute atomic E-state index is 0.0152. The summed E-state index contributed by atoms with van der Waals surface area (Å²) < 4.78 is 11.6. The third kappa shape index (κ3) is 5.38. The Morgan fingerprint density at radius 2 is 1.06 bits per heavy atom. The van der Waals surface area contributed by atoms with Crippen LogP contribution in [0.2, 0.25) is 0 Å². The zero-order valence-electron chi connectivity index (χ0n) is 19.6. The van der Waals surface area contributed by atoms with Gasteiger partial charge in [0.25, 0.3) is 0 Å². The second kappa shape index (κ2) is 9.46. The highest BCUT2D eigenvalue weighted by atomic mass is 32.2. The van der Waals surface area contributed by atoms with Crippen LogP contribution in [0, 0.1) is 29.6 Å². The largest absolute Gasteiger partial charge is 0.505 e. The lowest BCUT2D eigenvalue weighted by atomic mass is 10.2. The van der Waals surface area contributed by atoms with Crippen molar-refractivity contribution in [2.24, 2.45) is 0 Å². The summed E-state index contributed by atoms with van der Waals surface area (Å²) in [5, 5.41) is 30.3. The summed E-state index contributed by atoms with van der Waals surface area (Å²) in [6, 6.07) is 3.87. The summed E-state index contributed by atoms with van der Waals surface area (Å²) in [5.74, 6) is -1.45. The maximum atomic E-state index is 12.5. The van der Waals surface area contributed by atoms with E-state index in [1.54, 1.807) is 41.5 Å². The van der Waals surface area contributed by atoms with Crippen molar-refractivity contribution in [1.29, 1.82) is 10.5 Å². The van der Waals surface area contributed by atoms with E-state index in [0.717, 1.165) is 38.9 Å². The summed E-state index contributed by atoms with van der Waals surface area (Å²) in [7, 11) is 0. The molecule has 34 heavy (non-hydrogen) atoms. The van der Waals surface area contributed by atoms with E-state index in [-0.39, 0.29) is 16.9 Å². The molecular weight excluding hydrogens is 513 g/mol. The average Bonchev–Trinajstić information content (AvgIpc) is 3.30. The number of aromatic hydroxyl groups is 1. The van der Waals surface area contributed by atoms with Gasteiger partial charge in [-0.1, -0.05) is 47.0 Å². The Hall–Kier alpha value is -2.18. The van der Waals surface area contributed by atoms with Crippen molar-refractivity contribution in [2.45, 2.75) is 79.3 Å². The molecule has 0 unspecified atom stereocenters. The lowest BCUT2D eigenvalue weighted by molar-refractivity contribution is -0.150. The summed E-state index contributed by atoms with van der Waals surface area (Å²) in [5.41, 5.74) is -0.897. The Bertz CT molecular complexity index is 1120. The molecular formula is C23H22N2O5S4. The SMILES string of the molecule is Cc1c2c(c(O)c3c1S/C(=C(/C#N)C(=O)OC(C)(C)C)S3)S/C(=C(/C#N)C(=O)OC(C)(C)C)S2. The zero-order valence-corrected chi connectivity index (χ0v) is 22.9. The smallest absolute Gasteiger partial charge is 0.351 e. The Balaban J connectivity index is 2.00. The van der Waals surface area contributed by atoms with Crippen LogP contribution in [-0.4, -0.2) is 28.2 Å². The molecule has 0 fully saturated rings. The first-order valence-corrected chi connectivity index (χ1v) is 13.3. The molecule has 178 valence electrons. The molecule has 2 aliphatic heterocycles. The Morgan fingerprint density at radius 1 is 0.735 bits per heavy atom. The molecule has 7 nitrogen and oxygen atoms in total. The van der Waals surface area contributed by atoms with Crippen molar-refractivity contribution >= 4 is 59.0 Å². The van der Waals surface area contributed by atoms with Gasteiger partial charge in [-0.05, 0) is 54.0 Å². The minimum atomic E-state index is -0.748. The number of ether oxygens (including phenoxy) is 2. The molecule has 0 bridgehead atoms. The first-order chi connectivity index (χ1) is 15.7. The molecule has 0 atom stereocenters. The number of esters is 2. The predicted molar refractivity (Wildman–Crippen MR) is 133 cm³/mol. The number of nitriles is 2. The van der Waals surface area contributed by atoms with Crippen molar-refractivity contribution in [2.75, 3.05) is 0 Å². The van der Waals surface area contributed by atoms with Crippen molar-refractivity contribution in [3.05, 3.63) is 25.2 Å². The molecule has 11 heteroatoms. The molecule has 0 spiro atoms. The highest BCUT2D eigenvalue weighted by Gasteiger charge is 2.37. The van der Waals surface area contributed by atoms with Gasteiger partial charge in [-0.2, -0.15) is 10.5 Å². The quantitative estimate of drug-likeness (QED) is 0.263. The van der Waals surface area contributed by atoms with Crippen LogP contribution in [-0.2, 0) is 19.1 Å². The number of thioether (sulfide) groups is 4. The predicted octanol–water partition coefficient (Wildman–Crippen LogP) is 6.25. The van der Waals surface area contributed by atoms with E-state index in [4.69, 9.17) is 9.47 Å². The third-order valence-electron chi connectivity index (χ3n) is 4.14. The summed E-state index contributed by atoms with van der Waals surface area (Å²) in [6.07, 6.45) is 0. The van der Waals surface area contributed by atoms with E-state index < -0.39 is 23.1 Å². The number of benzene rings is 1. The van der Waals surface area contributed by atoms with Gasteiger partial charge in [0.2, 0.25) is 0 Å². The van der Waals surface area contributed by atoms with Crippen LogP contribution in [0.4, 0.5) is 0 Å². The van der Waals surface area contributed by atoms with Gasteiger partial charge in [-0.15, -0.1) is 0 Å². The molecule has 0 aliphatic carbocycles. The molecule has 2 heterocycles. The summed E-state index contributed by atoms with van der Waals surface area (Å²) in [4.78, 5) is 27.6. The Labute approximate surface area is 215 Å². The summed E-state index contributed by atoms with van der Waals surface area (Å²) in [6.45, 7) is 12.2. The standard InChI is InChI=1S/C23H22N2O5S4/c1-10-14-16(33-20(31-14)11(8-24)18(27)29-22(2,3)4)13(26)17-15(10)32-21(34-17)12(9-25)19(28)30-23(5,6)7/h26H,1-7H3/b20-11-,21-12+. The van der Waals surface area contributed by atoms with Crippen LogP contribution in [0.15, 0.2) is 39.2 Å². The van der Waals surface area contributed by atoms with Crippen LogP contribution in [0.5, 0.6) is 5.75 Å². The Morgan fingerprint density at radius 3 is 1.35 bits per heavy atom. The van der Waals surface area contributed by atoms with Crippen LogP contribution < -0.4 is 0 Å². The fraction of sp³-hybridized carbons (Fsp3) is 0.391. The maximum Gasteiger partial charge on any atom is 0.351 e. The van der Waals surface area contributed by atoms with Crippen molar-refractivity contribution in [3.8, 4) is 17.9 Å². The average molecular weight is 535 g/mol. The van der Waals surface area contributed by atoms with Crippen LogP contribution in [0.1, 0.15) is 47.1 Å². The van der Waals surface area contributed by atoms with E-state index >= 15 is 0 Å². The monoisotopic (exact) mass is 534 g/mol. The molecule has 0 aromatic heterocycles. The number of rotatable bonds is 2. The highest BCUT2D eigenvalue weighted by molar-refractivity contribution is 8.25. The van der Waals surface area contributed by atoms with E-state index in [1.807, 2.05) is 19.1 Å². The molecule has 3 rings (SSSR count). The fourth-order valence-corrected chi connectivity index (χ4v) is 8.23. The zero-order chi connectivity index (χ0) is 25.6. The lowest BCUT2D eigenvalue weighted by Crippen LogP contribution is -2.24. The summed E-state index contributed by atoms with van der Waals surface area (Å²) >= 11 is 4.71. The topological polar surface area (TPSA) is 120 Å². The van der Waals surface area contributed by atoms with Crippen LogP contribution in [0.3, 0.4) is 0 Å². The molecule has 0 saturated heterocycles. The van der Waals surface area contributed by atoms with Gasteiger partial charge in [0.15, 0.2) is 11.1 Å². The van der Waals surface area contributed by atoms with E-state index in [9.17, 15) is 25.2 Å². The normalized spacial score (nSPS) is 17.8. The number of carbonyl (C=O) groups excluding carboxylic acids is 2. The molecule has 1 N–H and O–H groups in total. The highest BCUT2D eigenvalue weighted by Crippen LogP contribution is 2.65. The maximum absolute atomic E-state index is 12.5. The molecule has 2 aliphatic rings. The molecule has 0 amide bonds. The van der Waals surface area contributed by atoms with Crippen molar-refractivity contribution in [1.82, 2.24) is 0 Å². The van der Waals surface area contributed by atoms with Gasteiger partial charge in [-0.3, -0.25) is 0 Å². The van der Waals surface area contributed by atoms with Gasteiger partial charge < -0.3 is 14.6 Å². The second-order valence-electron chi connectivity index (χ2n) is 9.25. The number of fused-ring (bicyclic) bond motifs is 2. The Kier molecular flexibility index (Phi) is 7.35. The van der Waals surface area contributed by atoms with E-state index in [0.29, 0.717) is 18.3 Å². The second-order valence-corrected chi connectivity index (χ2v) is 13.8. The lowest BCUT2D eigenvalue weighted by Gasteiger charge is -2.19. The fourth-order valence-electron chi connectivity index (χ4n) is 2.82. The van der Waals surface area contributed by atoms with E-state index in [2.05, 4.69) is 0 Å².